The molecular formula is C19H19NO5S. The third-order valence-electron chi connectivity index (χ3n) is 3.46. The standard InChI is InChI=1S/C19H19NO5S/c1-24-18(22)13-8-9-15(19(23)25-2)16(12-13)20-17(21)10-11-26-14-6-4-3-5-7-14/h3-9,12H,10-11H2,1-2H3,(H,20,21). The van der Waals surface area contributed by atoms with Gasteiger partial charge < -0.3 is 14.8 Å². The van der Waals surface area contributed by atoms with Crippen molar-refractivity contribution in [1.82, 2.24) is 0 Å². The Morgan fingerprint density at radius 3 is 2.31 bits per heavy atom. The van der Waals surface area contributed by atoms with Crippen molar-refractivity contribution in [2.24, 2.45) is 0 Å². The average Bonchev–Trinajstić information content (AvgIpc) is 2.67. The molecule has 0 spiro atoms. The van der Waals surface area contributed by atoms with E-state index in [9.17, 15) is 14.4 Å². The lowest BCUT2D eigenvalue weighted by Gasteiger charge is -2.11. The highest BCUT2D eigenvalue weighted by Gasteiger charge is 2.17. The van der Waals surface area contributed by atoms with Crippen molar-refractivity contribution < 1.29 is 23.9 Å². The van der Waals surface area contributed by atoms with Crippen molar-refractivity contribution in [3.8, 4) is 0 Å². The zero-order valence-corrected chi connectivity index (χ0v) is 15.3. The molecule has 0 heterocycles. The highest BCUT2D eigenvalue weighted by Crippen LogP contribution is 2.21. The van der Waals surface area contributed by atoms with Crippen LogP contribution in [0.1, 0.15) is 27.1 Å². The van der Waals surface area contributed by atoms with Crippen LogP contribution in [0.15, 0.2) is 53.4 Å². The zero-order valence-electron chi connectivity index (χ0n) is 14.5. The van der Waals surface area contributed by atoms with Crippen molar-refractivity contribution >= 4 is 35.3 Å². The third kappa shape index (κ3) is 5.35. The molecule has 1 amide bonds. The lowest BCUT2D eigenvalue weighted by molar-refractivity contribution is -0.115. The van der Waals surface area contributed by atoms with Gasteiger partial charge in [-0.2, -0.15) is 0 Å². The normalized spacial score (nSPS) is 10.1. The Hall–Kier alpha value is -2.80. The minimum atomic E-state index is -0.602. The minimum absolute atomic E-state index is 0.171. The number of nitrogens with one attached hydrogen (secondary N) is 1. The van der Waals surface area contributed by atoms with Crippen molar-refractivity contribution in [2.45, 2.75) is 11.3 Å². The maximum Gasteiger partial charge on any atom is 0.339 e. The molecule has 0 radical (unpaired) electrons. The van der Waals surface area contributed by atoms with Crippen LogP contribution in [0, 0.1) is 0 Å². The van der Waals surface area contributed by atoms with Gasteiger partial charge in [0.2, 0.25) is 5.91 Å². The van der Waals surface area contributed by atoms with Crippen LogP contribution in [-0.4, -0.2) is 37.8 Å². The first-order chi connectivity index (χ1) is 12.5. The van der Waals surface area contributed by atoms with Crippen LogP contribution < -0.4 is 5.32 Å². The van der Waals surface area contributed by atoms with Crippen molar-refractivity contribution in [3.05, 3.63) is 59.7 Å². The molecule has 1 N–H and O–H groups in total. The smallest absolute Gasteiger partial charge is 0.339 e. The fraction of sp³-hybridized carbons (Fsp3) is 0.211. The summed E-state index contributed by atoms with van der Waals surface area (Å²) in [6.45, 7) is 0. The molecular weight excluding hydrogens is 354 g/mol. The van der Waals surface area contributed by atoms with Gasteiger partial charge in [0.05, 0.1) is 31.0 Å². The SMILES string of the molecule is COC(=O)c1ccc(C(=O)OC)c(NC(=O)CCSc2ccccc2)c1. The molecule has 0 saturated carbocycles. The quantitative estimate of drug-likeness (QED) is 0.592. The van der Waals surface area contributed by atoms with Gasteiger partial charge in [0.15, 0.2) is 0 Å². The minimum Gasteiger partial charge on any atom is -0.465 e. The third-order valence-corrected chi connectivity index (χ3v) is 4.47. The molecule has 7 heteroatoms. The molecule has 136 valence electrons. The molecule has 0 fully saturated rings. The van der Waals surface area contributed by atoms with Crippen molar-refractivity contribution in [2.75, 3.05) is 25.3 Å². The Morgan fingerprint density at radius 2 is 1.65 bits per heavy atom. The first-order valence-corrected chi connectivity index (χ1v) is 8.82. The van der Waals surface area contributed by atoms with E-state index in [0.717, 1.165) is 4.90 Å². The Bertz CT molecular complexity index is 792. The summed E-state index contributed by atoms with van der Waals surface area (Å²) < 4.78 is 9.38. The molecule has 0 saturated heterocycles. The summed E-state index contributed by atoms with van der Waals surface area (Å²) in [6.07, 6.45) is 0.253. The summed E-state index contributed by atoms with van der Waals surface area (Å²) in [6, 6.07) is 14.0. The van der Waals surface area contributed by atoms with Crippen LogP contribution >= 0.6 is 11.8 Å². The van der Waals surface area contributed by atoms with Gasteiger partial charge in [-0.3, -0.25) is 4.79 Å². The molecule has 0 atom stereocenters. The molecule has 0 bridgehead atoms. The number of ether oxygens (including phenoxy) is 2. The number of thioether (sulfide) groups is 1. The first-order valence-electron chi connectivity index (χ1n) is 7.83. The fourth-order valence-electron chi connectivity index (χ4n) is 2.17. The first kappa shape index (κ1) is 19.5. The largest absolute Gasteiger partial charge is 0.465 e. The lowest BCUT2D eigenvalue weighted by atomic mass is 10.1. The van der Waals surface area contributed by atoms with E-state index in [2.05, 4.69) is 10.1 Å². The summed E-state index contributed by atoms with van der Waals surface area (Å²) in [7, 11) is 2.51. The van der Waals surface area contributed by atoms with Gasteiger partial charge >= 0.3 is 11.9 Å². The highest BCUT2D eigenvalue weighted by molar-refractivity contribution is 7.99. The van der Waals surface area contributed by atoms with Gasteiger partial charge in [-0.1, -0.05) is 18.2 Å². The van der Waals surface area contributed by atoms with E-state index in [-0.39, 0.29) is 29.1 Å². The van der Waals surface area contributed by atoms with Crippen LogP contribution in [0.5, 0.6) is 0 Å². The molecule has 0 aromatic heterocycles. The fourth-order valence-corrected chi connectivity index (χ4v) is 3.04. The number of methoxy groups -OCH3 is 2. The molecule has 2 rings (SSSR count). The summed E-state index contributed by atoms with van der Waals surface area (Å²) in [4.78, 5) is 36.8. The number of carbonyl (C=O) groups excluding carboxylic acids is 3. The van der Waals surface area contributed by atoms with Crippen molar-refractivity contribution in [1.29, 1.82) is 0 Å². The van der Waals surface area contributed by atoms with Gasteiger partial charge in [-0.15, -0.1) is 11.8 Å². The topological polar surface area (TPSA) is 81.7 Å². The van der Waals surface area contributed by atoms with E-state index in [0.29, 0.717) is 5.75 Å². The van der Waals surface area contributed by atoms with Gasteiger partial charge in [0.25, 0.3) is 0 Å². The number of anilines is 1. The van der Waals surface area contributed by atoms with E-state index in [1.165, 1.54) is 32.4 Å². The molecule has 0 aliphatic carbocycles. The number of rotatable bonds is 7. The summed E-state index contributed by atoms with van der Waals surface area (Å²) in [5.41, 5.74) is 0.618. The zero-order chi connectivity index (χ0) is 18.9. The maximum atomic E-state index is 12.2. The highest BCUT2D eigenvalue weighted by atomic mass is 32.2. The average molecular weight is 373 g/mol. The number of carbonyl (C=O) groups is 3. The van der Waals surface area contributed by atoms with Crippen LogP contribution in [0.4, 0.5) is 5.69 Å². The monoisotopic (exact) mass is 373 g/mol. The second-order valence-electron chi connectivity index (χ2n) is 5.20. The van der Waals surface area contributed by atoms with E-state index in [1.54, 1.807) is 11.8 Å². The van der Waals surface area contributed by atoms with E-state index in [1.807, 2.05) is 30.3 Å². The molecule has 2 aromatic carbocycles. The predicted molar refractivity (Wildman–Crippen MR) is 99.5 cm³/mol. The Labute approximate surface area is 155 Å². The van der Waals surface area contributed by atoms with Crippen LogP contribution in [0.25, 0.3) is 0 Å². The Balaban J connectivity index is 2.06. The van der Waals surface area contributed by atoms with E-state index >= 15 is 0 Å². The summed E-state index contributed by atoms with van der Waals surface area (Å²) in [5.74, 6) is -0.840. The Morgan fingerprint density at radius 1 is 0.962 bits per heavy atom. The molecule has 0 unspecified atom stereocenters. The van der Waals surface area contributed by atoms with Crippen LogP contribution in [-0.2, 0) is 14.3 Å². The number of benzene rings is 2. The van der Waals surface area contributed by atoms with Gasteiger partial charge in [0, 0.05) is 17.1 Å². The Kier molecular flexibility index (Phi) is 7.23. The second-order valence-corrected chi connectivity index (χ2v) is 6.37. The predicted octanol–water partition coefficient (Wildman–Crippen LogP) is 3.38. The van der Waals surface area contributed by atoms with Crippen LogP contribution in [0.3, 0.4) is 0 Å². The van der Waals surface area contributed by atoms with Gasteiger partial charge in [-0.05, 0) is 30.3 Å². The van der Waals surface area contributed by atoms with Crippen molar-refractivity contribution in [3.63, 3.8) is 0 Å². The number of hydrogen-bond acceptors (Lipinski definition) is 6. The molecule has 0 aliphatic heterocycles. The van der Waals surface area contributed by atoms with Gasteiger partial charge in [0.1, 0.15) is 0 Å². The summed E-state index contributed by atoms with van der Waals surface area (Å²) >= 11 is 1.56. The van der Waals surface area contributed by atoms with Gasteiger partial charge in [-0.25, -0.2) is 9.59 Å². The summed E-state index contributed by atoms with van der Waals surface area (Å²) in [5, 5.41) is 2.67. The number of amides is 1. The van der Waals surface area contributed by atoms with Crippen LogP contribution in [0.2, 0.25) is 0 Å². The molecule has 6 nitrogen and oxygen atoms in total. The van der Waals surface area contributed by atoms with E-state index in [4.69, 9.17) is 4.74 Å². The number of esters is 2. The van der Waals surface area contributed by atoms with E-state index < -0.39 is 11.9 Å². The number of hydrogen-bond donors (Lipinski definition) is 1. The molecule has 26 heavy (non-hydrogen) atoms. The second kappa shape index (κ2) is 9.62. The molecule has 0 aliphatic rings. The molecule has 2 aromatic rings. The lowest BCUT2D eigenvalue weighted by Crippen LogP contribution is -2.16. The maximum absolute atomic E-state index is 12.2.